The van der Waals surface area contributed by atoms with Gasteiger partial charge in [0.2, 0.25) is 0 Å². The first-order valence-corrected chi connectivity index (χ1v) is 7.08. The number of hydrogen-bond acceptors (Lipinski definition) is 2. The largest absolute Gasteiger partial charge is 0.326 e. The van der Waals surface area contributed by atoms with Crippen LogP contribution in [0.2, 0.25) is 0 Å². The Morgan fingerprint density at radius 1 is 1.11 bits per heavy atom. The standard InChI is InChI=1S/C16H14N2S/c1-2-6-14(7-3-1)8-4-11-18-12-10-17-16(18)15-9-5-13-19-15/h1-10,12-13H,11H2/b8-4+. The summed E-state index contributed by atoms with van der Waals surface area (Å²) >= 11 is 1.72. The van der Waals surface area contributed by atoms with Crippen molar-refractivity contribution in [3.63, 3.8) is 0 Å². The van der Waals surface area contributed by atoms with Crippen molar-refractivity contribution in [2.24, 2.45) is 0 Å². The molecule has 0 atom stereocenters. The van der Waals surface area contributed by atoms with Crippen molar-refractivity contribution in [3.8, 4) is 10.7 Å². The van der Waals surface area contributed by atoms with Gasteiger partial charge >= 0.3 is 0 Å². The molecule has 3 heteroatoms. The van der Waals surface area contributed by atoms with Crippen LogP contribution in [0.1, 0.15) is 5.56 Å². The Hall–Kier alpha value is -2.13. The molecule has 2 nitrogen and oxygen atoms in total. The van der Waals surface area contributed by atoms with Gasteiger partial charge in [-0.25, -0.2) is 4.98 Å². The average Bonchev–Trinajstić information content (AvgIpc) is 3.10. The minimum atomic E-state index is 0.835. The van der Waals surface area contributed by atoms with Gasteiger partial charge in [0, 0.05) is 18.9 Å². The predicted molar refractivity (Wildman–Crippen MR) is 81.0 cm³/mol. The molecule has 3 rings (SSSR count). The third kappa shape index (κ3) is 2.83. The van der Waals surface area contributed by atoms with Gasteiger partial charge in [-0.2, -0.15) is 0 Å². The average molecular weight is 266 g/mol. The lowest BCUT2D eigenvalue weighted by molar-refractivity contribution is 0.835. The van der Waals surface area contributed by atoms with E-state index in [1.165, 1.54) is 10.4 Å². The van der Waals surface area contributed by atoms with E-state index in [4.69, 9.17) is 0 Å². The molecule has 2 aromatic heterocycles. The first-order valence-electron chi connectivity index (χ1n) is 6.20. The molecule has 0 aliphatic rings. The summed E-state index contributed by atoms with van der Waals surface area (Å²) in [4.78, 5) is 5.63. The Morgan fingerprint density at radius 3 is 2.79 bits per heavy atom. The molecule has 0 amide bonds. The van der Waals surface area contributed by atoms with Crippen molar-refractivity contribution in [1.29, 1.82) is 0 Å². The van der Waals surface area contributed by atoms with Gasteiger partial charge in [-0.15, -0.1) is 11.3 Å². The number of allylic oxidation sites excluding steroid dienone is 1. The monoisotopic (exact) mass is 266 g/mol. The van der Waals surface area contributed by atoms with Crippen LogP contribution in [0.4, 0.5) is 0 Å². The second kappa shape index (κ2) is 5.67. The van der Waals surface area contributed by atoms with E-state index in [2.05, 4.69) is 51.3 Å². The van der Waals surface area contributed by atoms with Crippen molar-refractivity contribution in [3.05, 3.63) is 71.9 Å². The van der Waals surface area contributed by atoms with Crippen LogP contribution in [-0.2, 0) is 6.54 Å². The van der Waals surface area contributed by atoms with E-state index in [-0.39, 0.29) is 0 Å². The summed E-state index contributed by atoms with van der Waals surface area (Å²) in [5.41, 5.74) is 1.22. The third-order valence-corrected chi connectivity index (χ3v) is 3.73. The van der Waals surface area contributed by atoms with Crippen molar-refractivity contribution >= 4 is 17.4 Å². The normalized spacial score (nSPS) is 11.2. The van der Waals surface area contributed by atoms with Crippen LogP contribution < -0.4 is 0 Å². The molecule has 0 fully saturated rings. The maximum Gasteiger partial charge on any atom is 0.150 e. The highest BCUT2D eigenvalue weighted by Crippen LogP contribution is 2.22. The number of hydrogen-bond donors (Lipinski definition) is 0. The molecule has 0 N–H and O–H groups in total. The number of imidazole rings is 1. The minimum absolute atomic E-state index is 0.835. The van der Waals surface area contributed by atoms with Crippen LogP contribution >= 0.6 is 11.3 Å². The van der Waals surface area contributed by atoms with Crippen molar-refractivity contribution < 1.29 is 0 Å². The molecule has 0 aliphatic carbocycles. The van der Waals surface area contributed by atoms with E-state index in [9.17, 15) is 0 Å². The van der Waals surface area contributed by atoms with Gasteiger partial charge in [-0.05, 0) is 17.0 Å². The summed E-state index contributed by atoms with van der Waals surface area (Å²) in [5, 5.41) is 2.08. The van der Waals surface area contributed by atoms with Gasteiger partial charge in [-0.1, -0.05) is 48.6 Å². The topological polar surface area (TPSA) is 17.8 Å². The second-order valence-corrected chi connectivity index (χ2v) is 5.14. The van der Waals surface area contributed by atoms with Crippen molar-refractivity contribution in [1.82, 2.24) is 9.55 Å². The lowest BCUT2D eigenvalue weighted by Crippen LogP contribution is -1.95. The van der Waals surface area contributed by atoms with Crippen LogP contribution in [-0.4, -0.2) is 9.55 Å². The van der Waals surface area contributed by atoms with Gasteiger partial charge in [0.15, 0.2) is 0 Å². The summed E-state index contributed by atoms with van der Waals surface area (Å²) in [7, 11) is 0. The molecule has 0 aliphatic heterocycles. The number of benzene rings is 1. The molecule has 0 radical (unpaired) electrons. The highest BCUT2D eigenvalue weighted by Gasteiger charge is 2.04. The smallest absolute Gasteiger partial charge is 0.150 e. The number of rotatable bonds is 4. The van der Waals surface area contributed by atoms with Gasteiger partial charge < -0.3 is 4.57 Å². The molecular weight excluding hydrogens is 252 g/mol. The third-order valence-electron chi connectivity index (χ3n) is 2.87. The highest BCUT2D eigenvalue weighted by atomic mass is 32.1. The number of aromatic nitrogens is 2. The molecular formula is C16H14N2S. The Kier molecular flexibility index (Phi) is 3.56. The van der Waals surface area contributed by atoms with E-state index >= 15 is 0 Å². The molecule has 0 saturated heterocycles. The van der Waals surface area contributed by atoms with Crippen LogP contribution in [0.5, 0.6) is 0 Å². The lowest BCUT2D eigenvalue weighted by atomic mass is 10.2. The second-order valence-electron chi connectivity index (χ2n) is 4.19. The highest BCUT2D eigenvalue weighted by molar-refractivity contribution is 7.13. The molecule has 3 aromatic rings. The van der Waals surface area contributed by atoms with E-state index in [1.807, 2.05) is 30.6 Å². The van der Waals surface area contributed by atoms with Crippen LogP contribution in [0.15, 0.2) is 66.3 Å². The van der Waals surface area contributed by atoms with E-state index < -0.39 is 0 Å². The zero-order valence-electron chi connectivity index (χ0n) is 10.4. The Labute approximate surface area is 116 Å². The number of thiophene rings is 1. The van der Waals surface area contributed by atoms with Crippen LogP contribution in [0, 0.1) is 0 Å². The van der Waals surface area contributed by atoms with Gasteiger partial charge in [-0.3, -0.25) is 0 Å². The molecule has 94 valence electrons. The predicted octanol–water partition coefficient (Wildman–Crippen LogP) is 4.33. The summed E-state index contributed by atoms with van der Waals surface area (Å²) < 4.78 is 2.16. The molecule has 0 spiro atoms. The van der Waals surface area contributed by atoms with E-state index in [1.54, 1.807) is 11.3 Å². The molecule has 0 unspecified atom stereocenters. The van der Waals surface area contributed by atoms with Gasteiger partial charge in [0.25, 0.3) is 0 Å². The maximum absolute atomic E-state index is 4.42. The van der Waals surface area contributed by atoms with Crippen LogP contribution in [0.3, 0.4) is 0 Å². The fourth-order valence-corrected chi connectivity index (χ4v) is 2.69. The fraction of sp³-hybridized carbons (Fsp3) is 0.0625. The Balaban J connectivity index is 1.75. The molecule has 1 aromatic carbocycles. The summed E-state index contributed by atoms with van der Waals surface area (Å²) in [5.74, 6) is 1.03. The summed E-state index contributed by atoms with van der Waals surface area (Å²) in [6.07, 6.45) is 8.17. The first-order chi connectivity index (χ1) is 9.43. The number of nitrogens with zero attached hydrogens (tertiary/aromatic N) is 2. The van der Waals surface area contributed by atoms with Gasteiger partial charge in [0.1, 0.15) is 5.82 Å². The Bertz CT molecular complexity index is 651. The fourth-order valence-electron chi connectivity index (χ4n) is 1.95. The lowest BCUT2D eigenvalue weighted by Gasteiger charge is -2.02. The van der Waals surface area contributed by atoms with Crippen molar-refractivity contribution in [2.75, 3.05) is 0 Å². The van der Waals surface area contributed by atoms with E-state index in [0.29, 0.717) is 0 Å². The molecule has 2 heterocycles. The minimum Gasteiger partial charge on any atom is -0.326 e. The first kappa shape index (κ1) is 11.9. The van der Waals surface area contributed by atoms with Gasteiger partial charge in [0.05, 0.1) is 4.88 Å². The summed E-state index contributed by atoms with van der Waals surface area (Å²) in [6.45, 7) is 0.835. The van der Waals surface area contributed by atoms with Crippen molar-refractivity contribution in [2.45, 2.75) is 6.54 Å². The molecule has 19 heavy (non-hydrogen) atoms. The zero-order chi connectivity index (χ0) is 12.9. The zero-order valence-corrected chi connectivity index (χ0v) is 11.3. The maximum atomic E-state index is 4.42. The Morgan fingerprint density at radius 2 is 2.00 bits per heavy atom. The molecule has 0 saturated carbocycles. The molecule has 0 bridgehead atoms. The summed E-state index contributed by atoms with van der Waals surface area (Å²) in [6, 6.07) is 14.5. The SMILES string of the molecule is C(=C\c1ccccc1)/Cn1ccnc1-c1cccs1. The van der Waals surface area contributed by atoms with E-state index in [0.717, 1.165) is 12.4 Å². The van der Waals surface area contributed by atoms with Crippen LogP contribution in [0.25, 0.3) is 16.8 Å². The quantitative estimate of drug-likeness (QED) is 0.687.